The molecule has 1 fully saturated rings. The number of amides is 2. The van der Waals surface area contributed by atoms with Crippen LogP contribution in [-0.4, -0.2) is 28.2 Å². The second-order valence-corrected chi connectivity index (χ2v) is 6.48. The van der Waals surface area contributed by atoms with E-state index in [2.05, 4.69) is 10.3 Å². The molecule has 23 heavy (non-hydrogen) atoms. The van der Waals surface area contributed by atoms with Gasteiger partial charge >= 0.3 is 0 Å². The number of hydrogen-bond acceptors (Lipinski definition) is 5. The number of carbonyl (C=O) groups is 2. The summed E-state index contributed by atoms with van der Waals surface area (Å²) in [6, 6.07) is 3.43. The molecule has 0 aromatic carbocycles. The molecule has 7 heteroatoms. The summed E-state index contributed by atoms with van der Waals surface area (Å²) in [5, 5.41) is 5.57. The molecule has 0 unspecified atom stereocenters. The van der Waals surface area contributed by atoms with Crippen LogP contribution in [0.1, 0.15) is 53.6 Å². The van der Waals surface area contributed by atoms with E-state index in [9.17, 15) is 9.59 Å². The standard InChI is InChI=1S/C16H19N3O3S/c1-11(20)18-10-12-5-6-14(22-12)16(21)19-8-3-2-4-13(19)15-17-7-9-23-15/h5-7,9,13H,2-4,8,10H2,1H3,(H,18,20)/t13-/m1/s1. The van der Waals surface area contributed by atoms with Gasteiger partial charge in [-0.15, -0.1) is 11.3 Å². The van der Waals surface area contributed by atoms with Gasteiger partial charge in [-0.25, -0.2) is 4.98 Å². The number of aromatic nitrogens is 1. The second kappa shape index (κ2) is 6.95. The Labute approximate surface area is 138 Å². The first-order chi connectivity index (χ1) is 11.1. The third-order valence-corrected chi connectivity index (χ3v) is 4.76. The molecule has 2 amide bonds. The van der Waals surface area contributed by atoms with E-state index in [1.165, 1.54) is 6.92 Å². The van der Waals surface area contributed by atoms with Crippen molar-refractivity contribution < 1.29 is 14.0 Å². The lowest BCUT2D eigenvalue weighted by atomic mass is 10.0. The van der Waals surface area contributed by atoms with Crippen molar-refractivity contribution in [2.45, 2.75) is 38.8 Å². The van der Waals surface area contributed by atoms with Crippen LogP contribution < -0.4 is 5.32 Å². The zero-order valence-electron chi connectivity index (χ0n) is 12.9. The average Bonchev–Trinajstić information content (AvgIpc) is 3.24. The van der Waals surface area contributed by atoms with Crippen molar-refractivity contribution in [2.75, 3.05) is 6.54 Å². The van der Waals surface area contributed by atoms with Crippen LogP contribution in [0.3, 0.4) is 0 Å². The van der Waals surface area contributed by atoms with Gasteiger partial charge in [-0.05, 0) is 31.4 Å². The van der Waals surface area contributed by atoms with Crippen LogP contribution in [0.4, 0.5) is 0 Å². The topological polar surface area (TPSA) is 75.4 Å². The molecule has 1 aliphatic heterocycles. The number of carbonyl (C=O) groups excluding carboxylic acids is 2. The normalized spacial score (nSPS) is 18.0. The van der Waals surface area contributed by atoms with Crippen molar-refractivity contribution in [1.82, 2.24) is 15.2 Å². The van der Waals surface area contributed by atoms with Gasteiger partial charge in [0.05, 0.1) is 12.6 Å². The van der Waals surface area contributed by atoms with Crippen LogP contribution in [0.5, 0.6) is 0 Å². The third-order valence-electron chi connectivity index (χ3n) is 3.88. The third kappa shape index (κ3) is 3.61. The van der Waals surface area contributed by atoms with Crippen molar-refractivity contribution in [3.63, 3.8) is 0 Å². The number of nitrogens with one attached hydrogen (secondary N) is 1. The van der Waals surface area contributed by atoms with Gasteiger partial charge in [0, 0.05) is 25.0 Å². The van der Waals surface area contributed by atoms with Gasteiger partial charge < -0.3 is 14.6 Å². The Kier molecular flexibility index (Phi) is 4.76. The molecular weight excluding hydrogens is 314 g/mol. The maximum Gasteiger partial charge on any atom is 0.290 e. The fraction of sp³-hybridized carbons (Fsp3) is 0.438. The Morgan fingerprint density at radius 1 is 1.43 bits per heavy atom. The van der Waals surface area contributed by atoms with Crippen molar-refractivity contribution in [2.24, 2.45) is 0 Å². The van der Waals surface area contributed by atoms with Crippen LogP contribution in [0.15, 0.2) is 28.1 Å². The summed E-state index contributed by atoms with van der Waals surface area (Å²) < 4.78 is 5.59. The van der Waals surface area contributed by atoms with Crippen molar-refractivity contribution >= 4 is 23.2 Å². The molecule has 1 atom stereocenters. The van der Waals surface area contributed by atoms with Crippen molar-refractivity contribution in [1.29, 1.82) is 0 Å². The van der Waals surface area contributed by atoms with Crippen molar-refractivity contribution in [3.8, 4) is 0 Å². The fourth-order valence-electron chi connectivity index (χ4n) is 2.77. The summed E-state index contributed by atoms with van der Waals surface area (Å²) in [5.74, 6) is 0.647. The SMILES string of the molecule is CC(=O)NCc1ccc(C(=O)N2CCCC[C@@H]2c2nccs2)o1. The lowest BCUT2D eigenvalue weighted by Gasteiger charge is -2.33. The zero-order chi connectivity index (χ0) is 16.2. The molecule has 6 nitrogen and oxygen atoms in total. The lowest BCUT2D eigenvalue weighted by Crippen LogP contribution is -2.38. The molecule has 0 radical (unpaired) electrons. The predicted octanol–water partition coefficient (Wildman–Crippen LogP) is 2.74. The van der Waals surface area contributed by atoms with Gasteiger partial charge in [-0.1, -0.05) is 0 Å². The van der Waals surface area contributed by atoms with E-state index in [4.69, 9.17) is 4.42 Å². The molecule has 0 saturated carbocycles. The highest BCUT2D eigenvalue weighted by atomic mass is 32.1. The molecule has 1 aliphatic rings. The smallest absolute Gasteiger partial charge is 0.290 e. The van der Waals surface area contributed by atoms with E-state index in [0.29, 0.717) is 24.6 Å². The average molecular weight is 333 g/mol. The minimum Gasteiger partial charge on any atom is -0.454 e. The first-order valence-electron chi connectivity index (χ1n) is 7.68. The Balaban J connectivity index is 1.74. The Morgan fingerprint density at radius 3 is 3.04 bits per heavy atom. The first-order valence-corrected chi connectivity index (χ1v) is 8.56. The van der Waals surface area contributed by atoms with Gasteiger partial charge in [0.25, 0.3) is 5.91 Å². The van der Waals surface area contributed by atoms with Crippen LogP contribution >= 0.6 is 11.3 Å². The van der Waals surface area contributed by atoms with Gasteiger partial charge in [0.1, 0.15) is 10.8 Å². The van der Waals surface area contributed by atoms with Crippen LogP contribution in [0.25, 0.3) is 0 Å². The highest BCUT2D eigenvalue weighted by Gasteiger charge is 2.31. The molecule has 2 aromatic heterocycles. The number of hydrogen-bond donors (Lipinski definition) is 1. The fourth-order valence-corrected chi connectivity index (χ4v) is 3.56. The van der Waals surface area contributed by atoms with Crippen LogP contribution in [-0.2, 0) is 11.3 Å². The van der Waals surface area contributed by atoms with E-state index >= 15 is 0 Å². The molecule has 0 aliphatic carbocycles. The van der Waals surface area contributed by atoms with Crippen LogP contribution in [0.2, 0.25) is 0 Å². The molecule has 1 saturated heterocycles. The molecule has 0 spiro atoms. The number of nitrogens with zero attached hydrogens (tertiary/aromatic N) is 2. The second-order valence-electron chi connectivity index (χ2n) is 5.56. The highest BCUT2D eigenvalue weighted by molar-refractivity contribution is 7.09. The molecule has 3 heterocycles. The Morgan fingerprint density at radius 2 is 2.30 bits per heavy atom. The predicted molar refractivity (Wildman–Crippen MR) is 86.0 cm³/mol. The molecule has 1 N–H and O–H groups in total. The first kappa shape index (κ1) is 15.7. The summed E-state index contributed by atoms with van der Waals surface area (Å²) in [4.78, 5) is 29.9. The number of piperidine rings is 1. The largest absolute Gasteiger partial charge is 0.454 e. The number of furan rings is 1. The maximum absolute atomic E-state index is 12.8. The minimum atomic E-state index is -0.130. The van der Waals surface area contributed by atoms with Gasteiger partial charge in [0.15, 0.2) is 5.76 Å². The van der Waals surface area contributed by atoms with Crippen molar-refractivity contribution in [3.05, 3.63) is 40.2 Å². The van der Waals surface area contributed by atoms with E-state index in [1.54, 1.807) is 29.7 Å². The number of likely N-dealkylation sites (tertiary alicyclic amines) is 1. The monoisotopic (exact) mass is 333 g/mol. The summed E-state index contributed by atoms with van der Waals surface area (Å²) >= 11 is 1.58. The summed E-state index contributed by atoms with van der Waals surface area (Å²) in [6.07, 6.45) is 4.79. The van der Waals surface area contributed by atoms with Gasteiger partial charge in [-0.2, -0.15) is 0 Å². The molecule has 122 valence electrons. The highest BCUT2D eigenvalue weighted by Crippen LogP contribution is 2.33. The number of rotatable bonds is 4. The summed E-state index contributed by atoms with van der Waals surface area (Å²) in [6.45, 7) is 2.45. The molecule has 0 bridgehead atoms. The number of thiazole rings is 1. The van der Waals surface area contributed by atoms with Gasteiger partial charge in [-0.3, -0.25) is 9.59 Å². The maximum atomic E-state index is 12.8. The zero-order valence-corrected chi connectivity index (χ0v) is 13.8. The van der Waals surface area contributed by atoms with Crippen LogP contribution in [0, 0.1) is 0 Å². The minimum absolute atomic E-state index is 0.0279. The molecular formula is C16H19N3O3S. The summed E-state index contributed by atoms with van der Waals surface area (Å²) in [5.41, 5.74) is 0. The van der Waals surface area contributed by atoms with E-state index in [0.717, 1.165) is 24.3 Å². The van der Waals surface area contributed by atoms with Gasteiger partial charge in [0.2, 0.25) is 5.91 Å². The quantitative estimate of drug-likeness (QED) is 0.933. The Hall–Kier alpha value is -2.15. The summed E-state index contributed by atoms with van der Waals surface area (Å²) in [7, 11) is 0. The van der Waals surface area contributed by atoms with E-state index < -0.39 is 0 Å². The lowest BCUT2D eigenvalue weighted by molar-refractivity contribution is -0.119. The molecule has 3 rings (SSSR count). The van der Waals surface area contributed by atoms with E-state index in [1.807, 2.05) is 10.3 Å². The molecule has 2 aromatic rings. The Bertz CT molecular complexity index is 681. The van der Waals surface area contributed by atoms with E-state index in [-0.39, 0.29) is 17.9 Å².